The van der Waals surface area contributed by atoms with E-state index in [1.54, 1.807) is 18.2 Å². The molecule has 27 heavy (non-hydrogen) atoms. The number of hydrogen-bond acceptors (Lipinski definition) is 5. The molecule has 2 heterocycles. The number of aryl methyl sites for hydroxylation is 2. The number of rotatable bonds is 5. The summed E-state index contributed by atoms with van der Waals surface area (Å²) >= 11 is 1.38. The highest BCUT2D eigenvalue weighted by Crippen LogP contribution is 2.25. The van der Waals surface area contributed by atoms with E-state index in [1.165, 1.54) is 21.5 Å². The van der Waals surface area contributed by atoms with Crippen LogP contribution in [0.15, 0.2) is 63.1 Å². The van der Waals surface area contributed by atoms with Crippen molar-refractivity contribution in [2.75, 3.05) is 5.32 Å². The van der Waals surface area contributed by atoms with Crippen LogP contribution in [0.4, 0.5) is 5.13 Å². The van der Waals surface area contributed by atoms with E-state index in [2.05, 4.69) is 10.3 Å². The summed E-state index contributed by atoms with van der Waals surface area (Å²) in [6.07, 6.45) is 0.156. The standard InChI is InChI=1S/C20H17N3O3S/c1-13-6-8-14(9-7-13)15-12-27-19(21-15)22-18(24)10-11-23-16-4-2-3-5-17(16)26-20(23)25/h2-9,12H,10-11H2,1H3,(H,21,22,24). The Morgan fingerprint density at radius 3 is 2.78 bits per heavy atom. The summed E-state index contributed by atoms with van der Waals surface area (Å²) in [5, 5.41) is 5.25. The molecular formula is C20H17N3O3S. The van der Waals surface area contributed by atoms with Crippen molar-refractivity contribution in [3.05, 3.63) is 70.0 Å². The fraction of sp³-hybridized carbons (Fsp3) is 0.150. The van der Waals surface area contributed by atoms with Crippen molar-refractivity contribution in [1.29, 1.82) is 0 Å². The molecule has 0 aliphatic carbocycles. The van der Waals surface area contributed by atoms with Crippen LogP contribution in [0.25, 0.3) is 22.4 Å². The number of nitrogens with zero attached hydrogens (tertiary/aromatic N) is 2. The van der Waals surface area contributed by atoms with Crippen LogP contribution >= 0.6 is 11.3 Å². The largest absolute Gasteiger partial charge is 0.419 e. The van der Waals surface area contributed by atoms with E-state index >= 15 is 0 Å². The maximum absolute atomic E-state index is 12.3. The summed E-state index contributed by atoms with van der Waals surface area (Å²) in [5.41, 5.74) is 4.22. The number of hydrogen-bond donors (Lipinski definition) is 1. The molecule has 1 amide bonds. The lowest BCUT2D eigenvalue weighted by molar-refractivity contribution is -0.116. The number of aromatic nitrogens is 2. The lowest BCUT2D eigenvalue weighted by Crippen LogP contribution is -2.19. The van der Waals surface area contributed by atoms with Gasteiger partial charge >= 0.3 is 5.76 Å². The number of carbonyl (C=O) groups is 1. The van der Waals surface area contributed by atoms with Crippen molar-refractivity contribution < 1.29 is 9.21 Å². The van der Waals surface area contributed by atoms with Crippen LogP contribution in [0.3, 0.4) is 0 Å². The maximum atomic E-state index is 12.3. The summed E-state index contributed by atoms with van der Waals surface area (Å²) in [6, 6.07) is 15.2. The summed E-state index contributed by atoms with van der Waals surface area (Å²) in [7, 11) is 0. The fourth-order valence-electron chi connectivity index (χ4n) is 2.81. The van der Waals surface area contributed by atoms with Crippen molar-refractivity contribution in [1.82, 2.24) is 9.55 Å². The van der Waals surface area contributed by atoms with Gasteiger partial charge in [-0.2, -0.15) is 0 Å². The summed E-state index contributed by atoms with van der Waals surface area (Å²) in [6.45, 7) is 2.28. The minimum atomic E-state index is -0.458. The summed E-state index contributed by atoms with van der Waals surface area (Å²) in [5.74, 6) is -0.656. The van der Waals surface area contributed by atoms with E-state index in [-0.39, 0.29) is 18.9 Å². The minimum absolute atomic E-state index is 0.156. The number of carbonyl (C=O) groups excluding carboxylic acids is 1. The van der Waals surface area contributed by atoms with Crippen LogP contribution in [-0.2, 0) is 11.3 Å². The van der Waals surface area contributed by atoms with Crippen LogP contribution in [-0.4, -0.2) is 15.5 Å². The van der Waals surface area contributed by atoms with Crippen LogP contribution < -0.4 is 11.1 Å². The van der Waals surface area contributed by atoms with Gasteiger partial charge in [0.1, 0.15) is 0 Å². The van der Waals surface area contributed by atoms with Crippen molar-refractivity contribution in [2.24, 2.45) is 0 Å². The smallest absolute Gasteiger partial charge is 0.408 e. The molecule has 0 saturated heterocycles. The average molecular weight is 379 g/mol. The summed E-state index contributed by atoms with van der Waals surface area (Å²) in [4.78, 5) is 28.7. The van der Waals surface area contributed by atoms with Crippen LogP contribution in [0.2, 0.25) is 0 Å². The SMILES string of the molecule is Cc1ccc(-c2csc(NC(=O)CCn3c(=O)oc4ccccc43)n2)cc1. The average Bonchev–Trinajstić information content (AvgIpc) is 3.24. The second kappa shape index (κ2) is 7.20. The Balaban J connectivity index is 1.42. The van der Waals surface area contributed by atoms with Gasteiger partial charge in [0.25, 0.3) is 0 Å². The monoisotopic (exact) mass is 379 g/mol. The third-order valence-electron chi connectivity index (χ3n) is 4.23. The Kier molecular flexibility index (Phi) is 4.60. The maximum Gasteiger partial charge on any atom is 0.419 e. The number of amides is 1. The van der Waals surface area contributed by atoms with Gasteiger partial charge in [0, 0.05) is 23.9 Å². The predicted molar refractivity (Wildman–Crippen MR) is 106 cm³/mol. The van der Waals surface area contributed by atoms with Gasteiger partial charge < -0.3 is 9.73 Å². The zero-order chi connectivity index (χ0) is 18.8. The van der Waals surface area contributed by atoms with Gasteiger partial charge in [-0.05, 0) is 19.1 Å². The topological polar surface area (TPSA) is 77.1 Å². The molecule has 0 spiro atoms. The zero-order valence-corrected chi connectivity index (χ0v) is 15.5. The lowest BCUT2D eigenvalue weighted by atomic mass is 10.1. The first-order chi connectivity index (χ1) is 13.1. The number of benzene rings is 2. The first kappa shape index (κ1) is 17.2. The molecule has 0 unspecified atom stereocenters. The molecule has 4 aromatic rings. The number of para-hydroxylation sites is 2. The van der Waals surface area contributed by atoms with Crippen LogP contribution in [0.1, 0.15) is 12.0 Å². The molecule has 1 N–H and O–H groups in total. The Morgan fingerprint density at radius 1 is 1.19 bits per heavy atom. The highest BCUT2D eigenvalue weighted by atomic mass is 32.1. The predicted octanol–water partition coefficient (Wildman–Crippen LogP) is 4.06. The van der Waals surface area contributed by atoms with Gasteiger partial charge in [0.15, 0.2) is 10.7 Å². The van der Waals surface area contributed by atoms with E-state index in [0.717, 1.165) is 11.3 Å². The van der Waals surface area contributed by atoms with Crippen LogP contribution in [0.5, 0.6) is 0 Å². The van der Waals surface area contributed by atoms with Gasteiger partial charge in [-0.1, -0.05) is 42.0 Å². The van der Waals surface area contributed by atoms with Crippen molar-refractivity contribution in [2.45, 2.75) is 19.9 Å². The number of fused-ring (bicyclic) bond motifs is 1. The van der Waals surface area contributed by atoms with Crippen molar-refractivity contribution >= 4 is 33.5 Å². The van der Waals surface area contributed by atoms with E-state index in [1.807, 2.05) is 42.6 Å². The van der Waals surface area contributed by atoms with Crippen molar-refractivity contribution in [3.8, 4) is 11.3 Å². The molecule has 0 fully saturated rings. The molecule has 0 bridgehead atoms. The molecule has 2 aromatic heterocycles. The number of nitrogens with one attached hydrogen (secondary N) is 1. The lowest BCUT2D eigenvalue weighted by Gasteiger charge is -2.03. The Hall–Kier alpha value is -3.19. The zero-order valence-electron chi connectivity index (χ0n) is 14.6. The number of anilines is 1. The van der Waals surface area contributed by atoms with E-state index in [0.29, 0.717) is 16.2 Å². The Labute approximate surface area is 159 Å². The minimum Gasteiger partial charge on any atom is -0.408 e. The molecular weight excluding hydrogens is 362 g/mol. The van der Waals surface area contributed by atoms with E-state index in [4.69, 9.17) is 4.42 Å². The Morgan fingerprint density at radius 2 is 1.96 bits per heavy atom. The fourth-order valence-corrected chi connectivity index (χ4v) is 3.54. The molecule has 0 radical (unpaired) electrons. The number of oxazole rings is 1. The highest BCUT2D eigenvalue weighted by molar-refractivity contribution is 7.14. The summed E-state index contributed by atoms with van der Waals surface area (Å²) < 4.78 is 6.64. The molecule has 2 aromatic carbocycles. The first-order valence-electron chi connectivity index (χ1n) is 8.51. The molecule has 6 nitrogen and oxygen atoms in total. The van der Waals surface area contributed by atoms with Gasteiger partial charge in [-0.3, -0.25) is 9.36 Å². The second-order valence-corrected chi connectivity index (χ2v) is 7.05. The molecule has 0 aliphatic rings. The van der Waals surface area contributed by atoms with Crippen molar-refractivity contribution in [3.63, 3.8) is 0 Å². The van der Waals surface area contributed by atoms with E-state index in [9.17, 15) is 9.59 Å². The third kappa shape index (κ3) is 3.68. The second-order valence-electron chi connectivity index (χ2n) is 6.19. The first-order valence-corrected chi connectivity index (χ1v) is 9.39. The van der Waals surface area contributed by atoms with Gasteiger partial charge in [-0.25, -0.2) is 9.78 Å². The molecule has 0 aliphatic heterocycles. The molecule has 4 rings (SSSR count). The molecule has 0 saturated carbocycles. The van der Waals surface area contributed by atoms with Gasteiger partial charge in [-0.15, -0.1) is 11.3 Å². The highest BCUT2D eigenvalue weighted by Gasteiger charge is 2.12. The molecule has 0 atom stereocenters. The Bertz CT molecular complexity index is 1160. The number of thiazole rings is 1. The van der Waals surface area contributed by atoms with Crippen LogP contribution in [0, 0.1) is 6.92 Å². The normalized spacial score (nSPS) is 11.0. The molecule has 136 valence electrons. The third-order valence-corrected chi connectivity index (χ3v) is 4.99. The molecule has 7 heteroatoms. The quantitative estimate of drug-likeness (QED) is 0.567. The van der Waals surface area contributed by atoms with Gasteiger partial charge in [0.05, 0.1) is 11.2 Å². The van der Waals surface area contributed by atoms with Gasteiger partial charge in [0.2, 0.25) is 5.91 Å². The van der Waals surface area contributed by atoms with E-state index < -0.39 is 5.76 Å².